The van der Waals surface area contributed by atoms with Crippen LogP contribution in [0.25, 0.3) is 0 Å². The molecule has 0 aliphatic rings. The fourth-order valence-corrected chi connectivity index (χ4v) is 1.80. The van der Waals surface area contributed by atoms with Gasteiger partial charge in [-0.05, 0) is 24.3 Å². The van der Waals surface area contributed by atoms with Crippen molar-refractivity contribution in [1.82, 2.24) is 4.98 Å². The van der Waals surface area contributed by atoms with Crippen molar-refractivity contribution in [2.45, 2.75) is 0 Å². The van der Waals surface area contributed by atoms with E-state index in [9.17, 15) is 14.9 Å². The van der Waals surface area contributed by atoms with Crippen molar-refractivity contribution in [3.8, 4) is 0 Å². The molecular weight excluding hydrogens is 286 g/mol. The Morgan fingerprint density at radius 3 is 2.75 bits per heavy atom. The molecule has 7 nitrogen and oxygen atoms in total. The molecule has 0 amide bonds. The van der Waals surface area contributed by atoms with Gasteiger partial charge in [0.1, 0.15) is 0 Å². The van der Waals surface area contributed by atoms with Crippen LogP contribution in [-0.4, -0.2) is 21.0 Å². The first-order valence-corrected chi connectivity index (χ1v) is 5.76. The Kier molecular flexibility index (Phi) is 3.81. The minimum atomic E-state index is -1.15. The zero-order chi connectivity index (χ0) is 14.7. The quantitative estimate of drug-likeness (QED) is 0.663. The number of carboxylic acids is 1. The molecule has 2 rings (SSSR count). The molecule has 20 heavy (non-hydrogen) atoms. The number of nitro groups is 1. The molecule has 0 saturated carbocycles. The lowest BCUT2D eigenvalue weighted by molar-refractivity contribution is -0.384. The van der Waals surface area contributed by atoms with Gasteiger partial charge in [0.2, 0.25) is 5.82 Å². The average Bonchev–Trinajstić information content (AvgIpc) is 2.38. The van der Waals surface area contributed by atoms with Crippen LogP contribution in [0, 0.1) is 10.1 Å². The van der Waals surface area contributed by atoms with Crippen molar-refractivity contribution >= 4 is 34.8 Å². The number of carbonyl (C=O) groups is 1. The predicted octanol–water partition coefficient (Wildman–Crippen LogP) is 3.09. The standard InChI is InChI=1S/C12H8ClN3O4/c13-9-6-7(3-4-8(9)12(17)18)15-11-10(16(19)20)2-1-5-14-11/h1-6H,(H,14,15)(H,17,18). The Morgan fingerprint density at radius 1 is 1.40 bits per heavy atom. The molecule has 2 N–H and O–H groups in total. The second-order valence-electron chi connectivity index (χ2n) is 3.75. The third kappa shape index (κ3) is 2.83. The van der Waals surface area contributed by atoms with Gasteiger partial charge in [-0.15, -0.1) is 0 Å². The van der Waals surface area contributed by atoms with Crippen molar-refractivity contribution in [3.05, 3.63) is 57.2 Å². The van der Waals surface area contributed by atoms with Gasteiger partial charge in [-0.1, -0.05) is 11.6 Å². The molecule has 1 aromatic carbocycles. The summed E-state index contributed by atoms with van der Waals surface area (Å²) in [5.74, 6) is -1.10. The molecule has 102 valence electrons. The maximum absolute atomic E-state index is 10.8. The van der Waals surface area contributed by atoms with Crippen molar-refractivity contribution in [2.24, 2.45) is 0 Å². The van der Waals surface area contributed by atoms with E-state index in [0.29, 0.717) is 5.69 Å². The van der Waals surface area contributed by atoms with E-state index in [2.05, 4.69) is 10.3 Å². The van der Waals surface area contributed by atoms with Crippen LogP contribution < -0.4 is 5.32 Å². The number of halogens is 1. The summed E-state index contributed by atoms with van der Waals surface area (Å²) in [5.41, 5.74) is 0.167. The number of hydrogen-bond acceptors (Lipinski definition) is 5. The number of nitrogens with one attached hydrogen (secondary N) is 1. The fourth-order valence-electron chi connectivity index (χ4n) is 1.54. The van der Waals surface area contributed by atoms with Crippen LogP contribution in [-0.2, 0) is 0 Å². The van der Waals surface area contributed by atoms with Gasteiger partial charge in [-0.25, -0.2) is 9.78 Å². The van der Waals surface area contributed by atoms with E-state index >= 15 is 0 Å². The summed E-state index contributed by atoms with van der Waals surface area (Å²) in [6, 6.07) is 6.88. The summed E-state index contributed by atoms with van der Waals surface area (Å²) in [4.78, 5) is 25.0. The van der Waals surface area contributed by atoms with E-state index < -0.39 is 10.9 Å². The lowest BCUT2D eigenvalue weighted by atomic mass is 10.2. The van der Waals surface area contributed by atoms with Gasteiger partial charge in [0.05, 0.1) is 15.5 Å². The fraction of sp³-hybridized carbons (Fsp3) is 0. The normalized spacial score (nSPS) is 10.1. The SMILES string of the molecule is O=C(O)c1ccc(Nc2ncccc2[N+](=O)[O-])cc1Cl. The molecular formula is C12H8ClN3O4. The minimum absolute atomic E-state index is 0.0288. The van der Waals surface area contributed by atoms with E-state index in [4.69, 9.17) is 16.7 Å². The third-order valence-corrected chi connectivity index (χ3v) is 2.76. The van der Waals surface area contributed by atoms with Gasteiger partial charge < -0.3 is 10.4 Å². The van der Waals surface area contributed by atoms with E-state index in [1.165, 1.54) is 36.5 Å². The summed E-state index contributed by atoms with van der Waals surface area (Å²) >= 11 is 5.82. The van der Waals surface area contributed by atoms with Gasteiger partial charge >= 0.3 is 11.7 Å². The van der Waals surface area contributed by atoms with Gasteiger partial charge in [0.25, 0.3) is 0 Å². The number of aromatic nitrogens is 1. The lowest BCUT2D eigenvalue weighted by Crippen LogP contribution is -2.01. The van der Waals surface area contributed by atoms with E-state index in [0.717, 1.165) is 0 Å². The van der Waals surface area contributed by atoms with E-state index in [1.54, 1.807) is 0 Å². The summed E-state index contributed by atoms with van der Waals surface area (Å²) in [5, 5.41) is 22.5. The van der Waals surface area contributed by atoms with Crippen LogP contribution in [0.4, 0.5) is 17.2 Å². The smallest absolute Gasteiger partial charge is 0.337 e. The van der Waals surface area contributed by atoms with Crippen molar-refractivity contribution in [1.29, 1.82) is 0 Å². The number of hydrogen-bond donors (Lipinski definition) is 2. The van der Waals surface area contributed by atoms with E-state index in [1.807, 2.05) is 0 Å². The molecule has 0 saturated heterocycles. The monoisotopic (exact) mass is 293 g/mol. The Balaban J connectivity index is 2.34. The van der Waals surface area contributed by atoms with Crippen molar-refractivity contribution in [3.63, 3.8) is 0 Å². The molecule has 0 atom stereocenters. The van der Waals surface area contributed by atoms with Crippen LogP contribution in [0.3, 0.4) is 0 Å². The first-order chi connectivity index (χ1) is 9.49. The molecule has 2 aromatic rings. The van der Waals surface area contributed by atoms with Crippen LogP contribution in [0.15, 0.2) is 36.5 Å². The van der Waals surface area contributed by atoms with E-state index in [-0.39, 0.29) is 22.1 Å². The highest BCUT2D eigenvalue weighted by Crippen LogP contribution is 2.27. The molecule has 0 aliphatic carbocycles. The summed E-state index contributed by atoms with van der Waals surface area (Å²) in [7, 11) is 0. The minimum Gasteiger partial charge on any atom is -0.478 e. The summed E-state index contributed by atoms with van der Waals surface area (Å²) in [6.45, 7) is 0. The highest BCUT2D eigenvalue weighted by Gasteiger charge is 2.15. The molecule has 1 aromatic heterocycles. The number of nitrogens with zero attached hydrogens (tertiary/aromatic N) is 2. The summed E-state index contributed by atoms with van der Waals surface area (Å²) < 4.78 is 0. The second kappa shape index (κ2) is 5.54. The van der Waals surface area contributed by atoms with Gasteiger partial charge in [-0.3, -0.25) is 10.1 Å². The Morgan fingerprint density at radius 2 is 2.15 bits per heavy atom. The van der Waals surface area contributed by atoms with Crippen LogP contribution in [0.1, 0.15) is 10.4 Å². The number of carboxylic acid groups (broad SMARTS) is 1. The Labute approximate surface area is 118 Å². The number of aromatic carboxylic acids is 1. The first kappa shape index (κ1) is 13.8. The molecule has 1 heterocycles. The molecule has 0 aliphatic heterocycles. The zero-order valence-corrected chi connectivity index (χ0v) is 10.7. The predicted molar refractivity (Wildman–Crippen MR) is 72.6 cm³/mol. The second-order valence-corrected chi connectivity index (χ2v) is 4.16. The Hall–Kier alpha value is -2.67. The highest BCUT2D eigenvalue weighted by molar-refractivity contribution is 6.33. The summed E-state index contributed by atoms with van der Waals surface area (Å²) in [6.07, 6.45) is 1.41. The van der Waals surface area contributed by atoms with Gasteiger partial charge in [0, 0.05) is 18.0 Å². The molecule has 8 heteroatoms. The number of rotatable bonds is 4. The van der Waals surface area contributed by atoms with Crippen LogP contribution in [0.2, 0.25) is 5.02 Å². The molecule has 0 bridgehead atoms. The zero-order valence-electron chi connectivity index (χ0n) is 9.91. The first-order valence-electron chi connectivity index (χ1n) is 5.38. The number of benzene rings is 1. The average molecular weight is 294 g/mol. The van der Waals surface area contributed by atoms with Crippen LogP contribution in [0.5, 0.6) is 0 Å². The third-order valence-electron chi connectivity index (χ3n) is 2.45. The maximum atomic E-state index is 10.8. The van der Waals surface area contributed by atoms with Crippen molar-refractivity contribution < 1.29 is 14.8 Å². The largest absolute Gasteiger partial charge is 0.478 e. The lowest BCUT2D eigenvalue weighted by Gasteiger charge is -2.07. The van der Waals surface area contributed by atoms with Crippen LogP contribution >= 0.6 is 11.6 Å². The highest BCUT2D eigenvalue weighted by atomic mass is 35.5. The molecule has 0 radical (unpaired) electrons. The van der Waals surface area contributed by atoms with Gasteiger partial charge in [0.15, 0.2) is 0 Å². The number of anilines is 2. The molecule has 0 fully saturated rings. The Bertz CT molecular complexity index is 690. The van der Waals surface area contributed by atoms with Gasteiger partial charge in [-0.2, -0.15) is 0 Å². The topological polar surface area (TPSA) is 105 Å². The molecule has 0 unspecified atom stereocenters. The number of pyridine rings is 1. The van der Waals surface area contributed by atoms with Crippen molar-refractivity contribution in [2.75, 3.05) is 5.32 Å². The maximum Gasteiger partial charge on any atom is 0.337 e. The molecule has 0 spiro atoms.